The van der Waals surface area contributed by atoms with E-state index in [0.29, 0.717) is 12.0 Å². The van der Waals surface area contributed by atoms with Crippen LogP contribution in [0.15, 0.2) is 46.5 Å². The SMILES string of the molecule is Cc1cc(C2=NNC(=NC3CCCCC3C)SC2)c(C)n1CCc1ccccc1. The number of nitrogens with one attached hydrogen (secondary N) is 1. The van der Waals surface area contributed by atoms with Crippen molar-refractivity contribution in [1.82, 2.24) is 9.99 Å². The van der Waals surface area contributed by atoms with Crippen molar-refractivity contribution in [3.05, 3.63) is 58.9 Å². The Labute approximate surface area is 178 Å². The van der Waals surface area contributed by atoms with Crippen LogP contribution in [0.1, 0.15) is 55.1 Å². The van der Waals surface area contributed by atoms with Gasteiger partial charge in [-0.2, -0.15) is 5.10 Å². The predicted molar refractivity (Wildman–Crippen MR) is 125 cm³/mol. The van der Waals surface area contributed by atoms with Crippen molar-refractivity contribution < 1.29 is 0 Å². The van der Waals surface area contributed by atoms with Crippen molar-refractivity contribution in [2.24, 2.45) is 16.0 Å². The molecule has 5 heteroatoms. The van der Waals surface area contributed by atoms with Crippen LogP contribution in [0.25, 0.3) is 0 Å². The second kappa shape index (κ2) is 9.21. The number of aromatic nitrogens is 1. The molecule has 2 unspecified atom stereocenters. The number of amidine groups is 1. The lowest BCUT2D eigenvalue weighted by atomic mass is 9.86. The Balaban J connectivity index is 1.44. The van der Waals surface area contributed by atoms with Gasteiger partial charge in [0.2, 0.25) is 0 Å². The monoisotopic (exact) mass is 408 g/mol. The average Bonchev–Trinajstić information content (AvgIpc) is 3.03. The second-order valence-electron chi connectivity index (χ2n) is 8.39. The Morgan fingerprint density at radius 2 is 1.97 bits per heavy atom. The van der Waals surface area contributed by atoms with E-state index >= 15 is 0 Å². The molecule has 2 aromatic rings. The highest BCUT2D eigenvalue weighted by atomic mass is 32.2. The van der Waals surface area contributed by atoms with Crippen LogP contribution in [0.4, 0.5) is 0 Å². The van der Waals surface area contributed by atoms with Gasteiger partial charge in [-0.15, -0.1) is 0 Å². The molecule has 1 saturated carbocycles. The molecule has 4 nitrogen and oxygen atoms in total. The first-order valence-electron chi connectivity index (χ1n) is 10.9. The van der Waals surface area contributed by atoms with Gasteiger partial charge in [0.25, 0.3) is 0 Å². The molecule has 1 N–H and O–H groups in total. The molecule has 0 bridgehead atoms. The van der Waals surface area contributed by atoms with Crippen LogP contribution in [-0.2, 0) is 13.0 Å². The van der Waals surface area contributed by atoms with E-state index in [9.17, 15) is 0 Å². The van der Waals surface area contributed by atoms with Crippen LogP contribution in [0.3, 0.4) is 0 Å². The summed E-state index contributed by atoms with van der Waals surface area (Å²) in [6.07, 6.45) is 6.22. The van der Waals surface area contributed by atoms with Gasteiger partial charge in [0, 0.05) is 29.2 Å². The molecule has 1 fully saturated rings. The van der Waals surface area contributed by atoms with E-state index < -0.39 is 0 Å². The summed E-state index contributed by atoms with van der Waals surface area (Å²) in [4.78, 5) is 4.97. The molecule has 2 atom stereocenters. The van der Waals surface area contributed by atoms with Crippen molar-refractivity contribution in [3.63, 3.8) is 0 Å². The van der Waals surface area contributed by atoms with Gasteiger partial charge in [-0.25, -0.2) is 0 Å². The summed E-state index contributed by atoms with van der Waals surface area (Å²) in [5, 5.41) is 5.70. The molecule has 1 aliphatic carbocycles. The molecule has 29 heavy (non-hydrogen) atoms. The molecular formula is C24H32N4S. The number of aryl methyl sites for hydroxylation is 2. The quantitative estimate of drug-likeness (QED) is 0.727. The first-order valence-corrected chi connectivity index (χ1v) is 11.8. The van der Waals surface area contributed by atoms with Gasteiger partial charge in [-0.3, -0.25) is 10.4 Å². The van der Waals surface area contributed by atoms with Crippen LogP contribution in [0, 0.1) is 19.8 Å². The number of benzene rings is 1. The van der Waals surface area contributed by atoms with Crippen LogP contribution in [0.5, 0.6) is 0 Å². The summed E-state index contributed by atoms with van der Waals surface area (Å²) >= 11 is 1.79. The lowest BCUT2D eigenvalue weighted by Gasteiger charge is -2.26. The second-order valence-corrected chi connectivity index (χ2v) is 9.36. The van der Waals surface area contributed by atoms with E-state index in [1.165, 1.54) is 48.2 Å². The van der Waals surface area contributed by atoms with E-state index in [-0.39, 0.29) is 0 Å². The molecule has 0 amide bonds. The minimum absolute atomic E-state index is 0.457. The zero-order valence-electron chi connectivity index (χ0n) is 17.8. The van der Waals surface area contributed by atoms with Gasteiger partial charge < -0.3 is 4.57 Å². The lowest BCUT2D eigenvalue weighted by Crippen LogP contribution is -2.29. The molecular weight excluding hydrogens is 376 g/mol. The minimum atomic E-state index is 0.457. The molecule has 0 radical (unpaired) electrons. The molecule has 0 spiro atoms. The highest BCUT2D eigenvalue weighted by Gasteiger charge is 2.23. The number of hydrogen-bond acceptors (Lipinski definition) is 3. The number of nitrogens with zero attached hydrogens (tertiary/aromatic N) is 3. The van der Waals surface area contributed by atoms with E-state index in [4.69, 9.17) is 10.1 Å². The Morgan fingerprint density at radius 1 is 1.17 bits per heavy atom. The van der Waals surface area contributed by atoms with Crippen molar-refractivity contribution in [3.8, 4) is 0 Å². The molecule has 1 aliphatic heterocycles. The number of hydrazone groups is 1. The third kappa shape index (κ3) is 4.77. The van der Waals surface area contributed by atoms with Crippen LogP contribution in [0.2, 0.25) is 0 Å². The van der Waals surface area contributed by atoms with Crippen molar-refractivity contribution >= 4 is 22.6 Å². The Hall–Kier alpha value is -2.01. The Bertz CT molecular complexity index is 897. The topological polar surface area (TPSA) is 41.7 Å². The summed E-state index contributed by atoms with van der Waals surface area (Å²) in [5.41, 5.74) is 9.62. The zero-order chi connectivity index (χ0) is 20.2. The van der Waals surface area contributed by atoms with E-state index in [1.807, 2.05) is 0 Å². The maximum atomic E-state index is 4.97. The maximum absolute atomic E-state index is 4.97. The number of hydrogen-bond donors (Lipinski definition) is 1. The van der Waals surface area contributed by atoms with E-state index in [0.717, 1.165) is 29.6 Å². The van der Waals surface area contributed by atoms with Crippen molar-refractivity contribution in [2.45, 2.75) is 65.5 Å². The average molecular weight is 409 g/mol. The molecule has 2 aliphatic rings. The fourth-order valence-electron chi connectivity index (χ4n) is 4.48. The van der Waals surface area contributed by atoms with Gasteiger partial charge in [0.1, 0.15) is 0 Å². The largest absolute Gasteiger partial charge is 0.348 e. The van der Waals surface area contributed by atoms with Gasteiger partial charge in [-0.05, 0) is 50.7 Å². The smallest absolute Gasteiger partial charge is 0.177 e. The molecule has 154 valence electrons. The van der Waals surface area contributed by atoms with E-state index in [1.54, 1.807) is 11.8 Å². The molecule has 1 aromatic heterocycles. The lowest BCUT2D eigenvalue weighted by molar-refractivity contribution is 0.333. The summed E-state index contributed by atoms with van der Waals surface area (Å²) in [6.45, 7) is 7.75. The zero-order valence-corrected chi connectivity index (χ0v) is 18.6. The summed E-state index contributed by atoms with van der Waals surface area (Å²) in [7, 11) is 0. The van der Waals surface area contributed by atoms with Gasteiger partial charge in [0.15, 0.2) is 5.17 Å². The summed E-state index contributed by atoms with van der Waals surface area (Å²) in [5.74, 6) is 1.57. The standard InChI is InChI=1S/C24H32N4S/c1-17-9-7-8-12-22(17)25-24-27-26-23(16-29-24)21-15-18(2)28(19(21)3)14-13-20-10-5-4-6-11-20/h4-6,10-11,15,17,22H,7-9,12-14,16H2,1-3H3,(H,25,27). The van der Waals surface area contributed by atoms with E-state index in [2.05, 4.69) is 67.2 Å². The van der Waals surface area contributed by atoms with Gasteiger partial charge >= 0.3 is 0 Å². The minimum Gasteiger partial charge on any atom is -0.348 e. The molecule has 1 aromatic carbocycles. The predicted octanol–water partition coefficient (Wildman–Crippen LogP) is 5.32. The summed E-state index contributed by atoms with van der Waals surface area (Å²) in [6, 6.07) is 13.5. The van der Waals surface area contributed by atoms with Crippen molar-refractivity contribution in [2.75, 3.05) is 5.75 Å². The highest BCUT2D eigenvalue weighted by Crippen LogP contribution is 2.28. The fourth-order valence-corrected chi connectivity index (χ4v) is 5.30. The molecule has 4 rings (SSSR count). The number of aliphatic imine (C=N–C) groups is 1. The van der Waals surface area contributed by atoms with Crippen LogP contribution >= 0.6 is 11.8 Å². The first kappa shape index (κ1) is 20.3. The van der Waals surface area contributed by atoms with Gasteiger partial charge in [-0.1, -0.05) is 61.9 Å². The molecule has 2 heterocycles. The third-order valence-corrected chi connectivity index (χ3v) is 7.22. The van der Waals surface area contributed by atoms with Gasteiger partial charge in [0.05, 0.1) is 11.8 Å². The number of rotatable bonds is 5. The highest BCUT2D eigenvalue weighted by molar-refractivity contribution is 8.14. The summed E-state index contributed by atoms with van der Waals surface area (Å²) < 4.78 is 2.42. The van der Waals surface area contributed by atoms with Crippen LogP contribution in [-0.4, -0.2) is 27.2 Å². The number of thioether (sulfide) groups is 1. The maximum Gasteiger partial charge on any atom is 0.177 e. The van der Waals surface area contributed by atoms with Crippen LogP contribution < -0.4 is 5.43 Å². The molecule has 0 saturated heterocycles. The first-order chi connectivity index (χ1) is 14.1. The fraction of sp³-hybridized carbons (Fsp3) is 0.500. The Kier molecular flexibility index (Phi) is 6.43. The third-order valence-electron chi connectivity index (χ3n) is 6.33. The Morgan fingerprint density at radius 3 is 2.69 bits per heavy atom. The van der Waals surface area contributed by atoms with Crippen molar-refractivity contribution in [1.29, 1.82) is 0 Å². The normalized spacial score (nSPS) is 23.7.